The van der Waals surface area contributed by atoms with Crippen LogP contribution < -0.4 is 0 Å². The molecule has 114 valence electrons. The van der Waals surface area contributed by atoms with Crippen LogP contribution in [-0.4, -0.2) is 6.21 Å². The van der Waals surface area contributed by atoms with Gasteiger partial charge in [0.2, 0.25) is 0 Å². The largest absolute Gasteiger partial charge is 0.391 e. The Hall–Kier alpha value is -2.09. The summed E-state index contributed by atoms with van der Waals surface area (Å²) in [6.07, 6.45) is 8.55. The first-order chi connectivity index (χ1) is 10.9. The minimum atomic E-state index is 0.532. The summed E-state index contributed by atoms with van der Waals surface area (Å²) in [4.78, 5) is 5.48. The number of hydrogen-bond acceptors (Lipinski definition) is 2. The van der Waals surface area contributed by atoms with Crippen molar-refractivity contribution in [3.8, 4) is 11.1 Å². The van der Waals surface area contributed by atoms with Gasteiger partial charge >= 0.3 is 0 Å². The van der Waals surface area contributed by atoms with E-state index in [1.54, 1.807) is 0 Å². The molecule has 0 N–H and O–H groups in total. The van der Waals surface area contributed by atoms with Gasteiger partial charge in [-0.25, -0.2) is 0 Å². The van der Waals surface area contributed by atoms with Gasteiger partial charge in [-0.05, 0) is 41.5 Å². The molecule has 1 aliphatic rings. The summed E-state index contributed by atoms with van der Waals surface area (Å²) in [7, 11) is 0. The SMILES string of the molecule is C(=NOCc1cccc(-c2ccccc2)c1)C1CCCCC1. The van der Waals surface area contributed by atoms with Crippen LogP contribution in [0.15, 0.2) is 59.8 Å². The molecule has 0 amide bonds. The van der Waals surface area contributed by atoms with Crippen LogP contribution in [0.4, 0.5) is 0 Å². The third kappa shape index (κ3) is 4.20. The average Bonchev–Trinajstić information content (AvgIpc) is 2.61. The van der Waals surface area contributed by atoms with Crippen molar-refractivity contribution in [3.05, 3.63) is 60.2 Å². The van der Waals surface area contributed by atoms with Crippen LogP contribution in [0.25, 0.3) is 11.1 Å². The second-order valence-electron chi connectivity index (χ2n) is 5.99. The van der Waals surface area contributed by atoms with E-state index in [4.69, 9.17) is 4.84 Å². The quantitative estimate of drug-likeness (QED) is 0.531. The van der Waals surface area contributed by atoms with Gasteiger partial charge in [-0.1, -0.05) is 72.9 Å². The molecule has 0 unspecified atom stereocenters. The highest BCUT2D eigenvalue weighted by Gasteiger charge is 2.10. The number of rotatable bonds is 5. The van der Waals surface area contributed by atoms with Crippen LogP contribution in [0.5, 0.6) is 0 Å². The summed E-state index contributed by atoms with van der Waals surface area (Å²) in [5.41, 5.74) is 3.61. The summed E-state index contributed by atoms with van der Waals surface area (Å²) in [5.74, 6) is 0.615. The molecule has 2 heteroatoms. The number of hydrogen-bond donors (Lipinski definition) is 0. The van der Waals surface area contributed by atoms with Gasteiger partial charge < -0.3 is 4.84 Å². The minimum Gasteiger partial charge on any atom is -0.391 e. The Morgan fingerprint density at radius 2 is 1.68 bits per heavy atom. The fourth-order valence-corrected chi connectivity index (χ4v) is 3.00. The molecule has 0 aromatic heterocycles. The molecule has 1 fully saturated rings. The third-order valence-electron chi connectivity index (χ3n) is 4.26. The Balaban J connectivity index is 1.55. The maximum atomic E-state index is 5.48. The van der Waals surface area contributed by atoms with Crippen molar-refractivity contribution in [2.24, 2.45) is 11.1 Å². The number of benzene rings is 2. The minimum absolute atomic E-state index is 0.532. The number of nitrogens with zero attached hydrogens (tertiary/aromatic N) is 1. The smallest absolute Gasteiger partial charge is 0.142 e. The van der Waals surface area contributed by atoms with Crippen molar-refractivity contribution in [1.29, 1.82) is 0 Å². The van der Waals surface area contributed by atoms with Crippen molar-refractivity contribution in [3.63, 3.8) is 0 Å². The second-order valence-corrected chi connectivity index (χ2v) is 5.99. The van der Waals surface area contributed by atoms with Gasteiger partial charge in [-0.3, -0.25) is 0 Å². The van der Waals surface area contributed by atoms with Crippen molar-refractivity contribution in [2.75, 3.05) is 0 Å². The molecule has 0 atom stereocenters. The monoisotopic (exact) mass is 293 g/mol. The van der Waals surface area contributed by atoms with Gasteiger partial charge in [0.15, 0.2) is 0 Å². The fraction of sp³-hybridized carbons (Fsp3) is 0.350. The van der Waals surface area contributed by atoms with Crippen LogP contribution in [0.3, 0.4) is 0 Å². The lowest BCUT2D eigenvalue weighted by molar-refractivity contribution is 0.130. The maximum absolute atomic E-state index is 5.48. The summed E-state index contributed by atoms with van der Waals surface area (Å²) in [6, 6.07) is 18.9. The van der Waals surface area contributed by atoms with Gasteiger partial charge in [-0.15, -0.1) is 0 Å². The Morgan fingerprint density at radius 3 is 2.50 bits per heavy atom. The molecule has 3 rings (SSSR count). The third-order valence-corrected chi connectivity index (χ3v) is 4.26. The van der Waals surface area contributed by atoms with E-state index < -0.39 is 0 Å². The van der Waals surface area contributed by atoms with Crippen LogP contribution in [-0.2, 0) is 11.4 Å². The van der Waals surface area contributed by atoms with Crippen molar-refractivity contribution >= 4 is 6.21 Å². The molecular formula is C20H23NO. The molecule has 0 aliphatic heterocycles. The van der Waals surface area contributed by atoms with Gasteiger partial charge in [-0.2, -0.15) is 0 Å². The van der Waals surface area contributed by atoms with E-state index in [-0.39, 0.29) is 0 Å². The summed E-state index contributed by atoms with van der Waals surface area (Å²) in [5, 5.41) is 4.17. The topological polar surface area (TPSA) is 21.6 Å². The van der Waals surface area contributed by atoms with Gasteiger partial charge in [0.1, 0.15) is 6.61 Å². The average molecular weight is 293 g/mol. The lowest BCUT2D eigenvalue weighted by Gasteiger charge is -2.16. The predicted octanol–water partition coefficient (Wildman–Crippen LogP) is 5.44. The van der Waals surface area contributed by atoms with Gasteiger partial charge in [0, 0.05) is 6.21 Å². The van der Waals surface area contributed by atoms with Crippen molar-refractivity contribution in [2.45, 2.75) is 38.7 Å². The maximum Gasteiger partial charge on any atom is 0.142 e. The second kappa shape index (κ2) is 7.79. The Morgan fingerprint density at radius 1 is 0.909 bits per heavy atom. The Bertz CT molecular complexity index is 600. The van der Waals surface area contributed by atoms with E-state index in [0.717, 1.165) is 5.56 Å². The molecule has 1 aliphatic carbocycles. The van der Waals surface area contributed by atoms with E-state index in [0.29, 0.717) is 12.5 Å². The summed E-state index contributed by atoms with van der Waals surface area (Å²) in [6.45, 7) is 0.532. The molecule has 22 heavy (non-hydrogen) atoms. The van der Waals surface area contributed by atoms with Gasteiger partial charge in [0.25, 0.3) is 0 Å². The molecule has 0 radical (unpaired) electrons. The van der Waals surface area contributed by atoms with Crippen LogP contribution in [0.1, 0.15) is 37.7 Å². The normalized spacial score (nSPS) is 16.0. The molecule has 0 bridgehead atoms. The highest BCUT2D eigenvalue weighted by molar-refractivity contribution is 5.64. The molecule has 1 saturated carbocycles. The molecule has 2 nitrogen and oxygen atoms in total. The predicted molar refractivity (Wildman–Crippen MR) is 91.7 cm³/mol. The Kier molecular flexibility index (Phi) is 5.25. The first-order valence-corrected chi connectivity index (χ1v) is 8.21. The van der Waals surface area contributed by atoms with E-state index >= 15 is 0 Å². The zero-order valence-electron chi connectivity index (χ0n) is 12.9. The van der Waals surface area contributed by atoms with Crippen molar-refractivity contribution in [1.82, 2.24) is 0 Å². The highest BCUT2D eigenvalue weighted by Crippen LogP contribution is 2.22. The molecule has 2 aromatic rings. The van der Waals surface area contributed by atoms with E-state index in [1.807, 2.05) is 12.3 Å². The van der Waals surface area contributed by atoms with E-state index in [9.17, 15) is 0 Å². The molecule has 0 heterocycles. The summed E-state index contributed by atoms with van der Waals surface area (Å²) >= 11 is 0. The molecular weight excluding hydrogens is 270 g/mol. The van der Waals surface area contributed by atoms with Crippen LogP contribution in [0, 0.1) is 5.92 Å². The zero-order valence-corrected chi connectivity index (χ0v) is 12.9. The zero-order chi connectivity index (χ0) is 15.0. The van der Waals surface area contributed by atoms with Crippen LogP contribution >= 0.6 is 0 Å². The fourth-order valence-electron chi connectivity index (χ4n) is 3.00. The summed E-state index contributed by atoms with van der Waals surface area (Å²) < 4.78 is 0. The first kappa shape index (κ1) is 14.8. The van der Waals surface area contributed by atoms with Gasteiger partial charge in [0.05, 0.1) is 0 Å². The lowest BCUT2D eigenvalue weighted by atomic mass is 9.90. The highest BCUT2D eigenvalue weighted by atomic mass is 16.6. The number of oxime groups is 1. The molecule has 0 spiro atoms. The van der Waals surface area contributed by atoms with E-state index in [1.165, 1.54) is 43.2 Å². The van der Waals surface area contributed by atoms with E-state index in [2.05, 4.69) is 53.7 Å². The lowest BCUT2D eigenvalue weighted by Crippen LogP contribution is -2.07. The molecule has 0 saturated heterocycles. The first-order valence-electron chi connectivity index (χ1n) is 8.21. The Labute approximate surface area is 132 Å². The van der Waals surface area contributed by atoms with Crippen LogP contribution in [0.2, 0.25) is 0 Å². The molecule has 2 aromatic carbocycles. The standard InChI is InChI=1S/C20H23NO/c1-3-8-17(9-4-1)15-21-22-16-18-10-7-13-20(14-18)19-11-5-2-6-12-19/h2,5-7,10-15,17H,1,3-4,8-9,16H2. The van der Waals surface area contributed by atoms with Crippen molar-refractivity contribution < 1.29 is 4.84 Å².